The van der Waals surface area contributed by atoms with Crippen molar-refractivity contribution in [2.45, 2.75) is 32.4 Å². The second-order valence-electron chi connectivity index (χ2n) is 3.74. The van der Waals surface area contributed by atoms with E-state index < -0.39 is 0 Å². The van der Waals surface area contributed by atoms with Gasteiger partial charge in [-0.3, -0.25) is 9.59 Å². The fraction of sp³-hybridized carbons (Fsp3) is 0.778. The molecular formula is C9H18ClN3O2. The van der Waals surface area contributed by atoms with Crippen molar-refractivity contribution in [3.63, 3.8) is 0 Å². The predicted molar refractivity (Wildman–Crippen MR) is 59.7 cm³/mol. The number of nitrogens with zero attached hydrogens (tertiary/aromatic N) is 1. The molecule has 1 aliphatic rings. The van der Waals surface area contributed by atoms with Crippen molar-refractivity contribution < 1.29 is 9.59 Å². The molecule has 1 unspecified atom stereocenters. The minimum Gasteiger partial charge on any atom is -0.343 e. The maximum Gasteiger partial charge on any atom is 0.245 e. The van der Waals surface area contributed by atoms with Gasteiger partial charge in [0.2, 0.25) is 11.8 Å². The molecule has 6 heteroatoms. The third kappa shape index (κ3) is 3.35. The number of halogens is 1. The number of nitrogens with two attached hydrogens (primary N) is 1. The second kappa shape index (κ2) is 5.92. The monoisotopic (exact) mass is 235 g/mol. The number of hydrogen-bond donors (Lipinski definition) is 2. The van der Waals surface area contributed by atoms with Crippen LogP contribution in [0.3, 0.4) is 0 Å². The van der Waals surface area contributed by atoms with Gasteiger partial charge in [-0.2, -0.15) is 0 Å². The lowest BCUT2D eigenvalue weighted by Gasteiger charge is -2.20. The van der Waals surface area contributed by atoms with Crippen LogP contribution in [-0.2, 0) is 9.59 Å². The van der Waals surface area contributed by atoms with Crippen LogP contribution < -0.4 is 11.1 Å². The number of rotatable bonds is 3. The molecule has 0 aliphatic carbocycles. The van der Waals surface area contributed by atoms with Gasteiger partial charge in [-0.1, -0.05) is 0 Å². The molecule has 0 radical (unpaired) electrons. The van der Waals surface area contributed by atoms with Gasteiger partial charge >= 0.3 is 0 Å². The van der Waals surface area contributed by atoms with Gasteiger partial charge in [-0.25, -0.2) is 0 Å². The summed E-state index contributed by atoms with van der Waals surface area (Å²) in [7, 11) is 0. The zero-order valence-corrected chi connectivity index (χ0v) is 9.84. The van der Waals surface area contributed by atoms with E-state index in [9.17, 15) is 9.59 Å². The summed E-state index contributed by atoms with van der Waals surface area (Å²) < 4.78 is 0. The van der Waals surface area contributed by atoms with E-state index in [1.807, 2.05) is 13.8 Å². The van der Waals surface area contributed by atoms with E-state index in [1.54, 1.807) is 4.90 Å². The van der Waals surface area contributed by atoms with Crippen molar-refractivity contribution >= 4 is 24.2 Å². The quantitative estimate of drug-likeness (QED) is 0.692. The first kappa shape index (κ1) is 14.2. The first-order chi connectivity index (χ1) is 6.56. The Balaban J connectivity index is 0.00000196. The lowest BCUT2D eigenvalue weighted by molar-refractivity contribution is -0.133. The molecule has 1 rings (SSSR count). The Morgan fingerprint density at radius 1 is 1.67 bits per heavy atom. The molecule has 0 aromatic rings. The van der Waals surface area contributed by atoms with Crippen LogP contribution in [0.1, 0.15) is 20.3 Å². The number of likely N-dealkylation sites (tertiary alicyclic amines) is 1. The second-order valence-corrected chi connectivity index (χ2v) is 3.74. The molecule has 0 aromatic heterocycles. The first-order valence-electron chi connectivity index (χ1n) is 4.86. The topological polar surface area (TPSA) is 75.4 Å². The van der Waals surface area contributed by atoms with E-state index in [4.69, 9.17) is 5.73 Å². The summed E-state index contributed by atoms with van der Waals surface area (Å²) in [5, 5.41) is 2.61. The number of carbonyl (C=O) groups is 2. The maximum absolute atomic E-state index is 11.7. The van der Waals surface area contributed by atoms with Crippen LogP contribution in [0.15, 0.2) is 0 Å². The molecule has 15 heavy (non-hydrogen) atoms. The van der Waals surface area contributed by atoms with Crippen molar-refractivity contribution in [1.82, 2.24) is 10.2 Å². The van der Waals surface area contributed by atoms with Gasteiger partial charge in [0, 0.05) is 12.6 Å². The molecule has 0 bridgehead atoms. The van der Waals surface area contributed by atoms with Crippen LogP contribution in [0.4, 0.5) is 0 Å². The third-order valence-electron chi connectivity index (χ3n) is 2.38. The number of amides is 2. The molecule has 88 valence electrons. The average molecular weight is 236 g/mol. The highest BCUT2D eigenvalue weighted by Crippen LogP contribution is 2.13. The van der Waals surface area contributed by atoms with Gasteiger partial charge in [-0.15, -0.1) is 12.4 Å². The van der Waals surface area contributed by atoms with E-state index >= 15 is 0 Å². The largest absolute Gasteiger partial charge is 0.343 e. The van der Waals surface area contributed by atoms with E-state index in [0.717, 1.165) is 0 Å². The van der Waals surface area contributed by atoms with Crippen molar-refractivity contribution in [2.24, 2.45) is 5.73 Å². The molecule has 0 spiro atoms. The Morgan fingerprint density at radius 2 is 2.27 bits per heavy atom. The molecule has 5 nitrogen and oxygen atoms in total. The summed E-state index contributed by atoms with van der Waals surface area (Å²) in [6.45, 7) is 4.58. The zero-order chi connectivity index (χ0) is 10.7. The highest BCUT2D eigenvalue weighted by molar-refractivity contribution is 5.89. The van der Waals surface area contributed by atoms with Gasteiger partial charge in [0.1, 0.15) is 6.04 Å². The summed E-state index contributed by atoms with van der Waals surface area (Å²) >= 11 is 0. The van der Waals surface area contributed by atoms with Gasteiger partial charge in [0.25, 0.3) is 0 Å². The fourth-order valence-electron chi connectivity index (χ4n) is 1.60. The molecule has 1 saturated heterocycles. The molecule has 1 heterocycles. The SMILES string of the molecule is CC(C)N1CCC(NC(=O)CN)C1=O.Cl. The number of carbonyl (C=O) groups excluding carboxylic acids is 2. The van der Waals surface area contributed by atoms with Gasteiger partial charge in [0.15, 0.2) is 0 Å². The van der Waals surface area contributed by atoms with Crippen LogP contribution in [0, 0.1) is 0 Å². The molecule has 1 fully saturated rings. The third-order valence-corrected chi connectivity index (χ3v) is 2.38. The minimum absolute atomic E-state index is 0. The van der Waals surface area contributed by atoms with Crippen LogP contribution in [0.25, 0.3) is 0 Å². The molecule has 3 N–H and O–H groups in total. The normalized spacial score (nSPS) is 20.4. The first-order valence-corrected chi connectivity index (χ1v) is 4.86. The Bertz CT molecular complexity index is 246. The molecule has 1 atom stereocenters. The van der Waals surface area contributed by atoms with E-state index in [1.165, 1.54) is 0 Å². The van der Waals surface area contributed by atoms with E-state index in [-0.39, 0.29) is 42.8 Å². The molecular weight excluding hydrogens is 218 g/mol. The zero-order valence-electron chi connectivity index (χ0n) is 9.03. The Labute approximate surface area is 95.8 Å². The molecule has 2 amide bonds. The highest BCUT2D eigenvalue weighted by atomic mass is 35.5. The lowest BCUT2D eigenvalue weighted by Crippen LogP contribution is -2.45. The van der Waals surface area contributed by atoms with Crippen LogP contribution in [0.5, 0.6) is 0 Å². The van der Waals surface area contributed by atoms with Crippen LogP contribution >= 0.6 is 12.4 Å². The summed E-state index contributed by atoms with van der Waals surface area (Å²) in [6.07, 6.45) is 0.683. The van der Waals surface area contributed by atoms with Crippen LogP contribution in [0.2, 0.25) is 0 Å². The fourth-order valence-corrected chi connectivity index (χ4v) is 1.60. The molecule has 0 aromatic carbocycles. The number of nitrogens with one attached hydrogen (secondary N) is 1. The minimum atomic E-state index is -0.367. The Kier molecular flexibility index (Phi) is 5.60. The van der Waals surface area contributed by atoms with Crippen LogP contribution in [-0.4, -0.2) is 41.9 Å². The Hall–Kier alpha value is -0.810. The average Bonchev–Trinajstić information content (AvgIpc) is 2.48. The van der Waals surface area contributed by atoms with Crippen molar-refractivity contribution in [1.29, 1.82) is 0 Å². The van der Waals surface area contributed by atoms with Gasteiger partial charge < -0.3 is 16.0 Å². The highest BCUT2D eigenvalue weighted by Gasteiger charge is 2.33. The summed E-state index contributed by atoms with van der Waals surface area (Å²) in [4.78, 5) is 24.4. The van der Waals surface area contributed by atoms with Gasteiger partial charge in [-0.05, 0) is 20.3 Å². The maximum atomic E-state index is 11.7. The predicted octanol–water partition coefficient (Wildman–Crippen LogP) is -0.508. The van der Waals surface area contributed by atoms with Crippen molar-refractivity contribution in [3.05, 3.63) is 0 Å². The molecule has 1 aliphatic heterocycles. The van der Waals surface area contributed by atoms with Crippen molar-refractivity contribution in [3.8, 4) is 0 Å². The standard InChI is InChI=1S/C9H17N3O2.ClH/c1-6(2)12-4-3-7(9(12)14)11-8(13)5-10;/h6-7H,3-5,10H2,1-2H3,(H,11,13);1H. The lowest BCUT2D eigenvalue weighted by atomic mass is 10.2. The van der Waals surface area contributed by atoms with Gasteiger partial charge in [0.05, 0.1) is 6.54 Å². The summed E-state index contributed by atoms with van der Waals surface area (Å²) in [5.74, 6) is -0.268. The van der Waals surface area contributed by atoms with E-state index in [0.29, 0.717) is 13.0 Å². The number of hydrogen-bond acceptors (Lipinski definition) is 3. The molecule has 0 saturated carbocycles. The van der Waals surface area contributed by atoms with E-state index in [2.05, 4.69) is 5.32 Å². The summed E-state index contributed by atoms with van der Waals surface area (Å²) in [6, 6.07) is -0.171. The Morgan fingerprint density at radius 3 is 2.67 bits per heavy atom. The van der Waals surface area contributed by atoms with Crippen molar-refractivity contribution in [2.75, 3.05) is 13.1 Å². The summed E-state index contributed by atoms with van der Waals surface area (Å²) in [5.41, 5.74) is 5.15. The smallest absolute Gasteiger partial charge is 0.245 e.